The monoisotopic (exact) mass is 278 g/mol. The number of benzene rings is 1. The van der Waals surface area contributed by atoms with E-state index in [1.54, 1.807) is 0 Å². The van der Waals surface area contributed by atoms with E-state index >= 15 is 0 Å². The molecule has 3 rings (SSSR count). The van der Waals surface area contributed by atoms with Crippen molar-refractivity contribution < 1.29 is 13.5 Å². The average molecular weight is 278 g/mol. The average Bonchev–Trinajstić information content (AvgIpc) is 2.52. The Morgan fingerprint density at radius 2 is 1.95 bits per heavy atom. The Hall–Kier alpha value is -1.56. The number of ether oxygens (including phenoxy) is 1. The molecule has 1 aliphatic carbocycles. The Morgan fingerprint density at radius 3 is 2.65 bits per heavy atom. The van der Waals surface area contributed by atoms with Crippen molar-refractivity contribution in [1.82, 2.24) is 0 Å². The second-order valence-electron chi connectivity index (χ2n) is 5.50. The van der Waals surface area contributed by atoms with Crippen LogP contribution in [0.1, 0.15) is 44.6 Å². The van der Waals surface area contributed by atoms with Crippen molar-refractivity contribution in [3.8, 4) is 18.6 Å². The smallest absolute Gasteiger partial charge is 0.165 e. The lowest BCUT2D eigenvalue weighted by Crippen LogP contribution is -2.45. The Labute approximate surface area is 119 Å². The molecule has 1 unspecified atom stereocenters. The molecule has 3 heteroatoms. The van der Waals surface area contributed by atoms with Crippen molar-refractivity contribution >= 4 is 0 Å². The van der Waals surface area contributed by atoms with Crippen LogP contribution in [-0.2, 0) is 5.41 Å². The molecule has 0 aromatic heterocycles. The van der Waals surface area contributed by atoms with Gasteiger partial charge in [0.15, 0.2) is 11.6 Å². The first kappa shape index (κ1) is 14.8. The molecule has 0 saturated heterocycles. The minimum atomic E-state index is -0.428. The van der Waals surface area contributed by atoms with Gasteiger partial charge in [-0.05, 0) is 31.4 Å². The standard InChI is InChI=1S/C15H18F2O.C2H2/c1-2-15-8-4-3-5-10(15)9-18-14-12(17)7-6-11(16)13(14)15;1-2/h6-7,10H,2-5,8-9H2,1H3;1-2H/t10?,15-;/m1./s1. The number of terminal acetylenes is 1. The van der Waals surface area contributed by atoms with Crippen LogP contribution in [0.4, 0.5) is 8.78 Å². The fourth-order valence-electron chi connectivity index (χ4n) is 3.85. The Kier molecular flexibility index (Phi) is 4.32. The zero-order valence-corrected chi connectivity index (χ0v) is 11.8. The van der Waals surface area contributed by atoms with Gasteiger partial charge in [0.1, 0.15) is 5.82 Å². The molecular formula is C17H20F2O. The van der Waals surface area contributed by atoms with Crippen LogP contribution >= 0.6 is 0 Å². The van der Waals surface area contributed by atoms with Gasteiger partial charge in [-0.15, -0.1) is 12.8 Å². The minimum Gasteiger partial charge on any atom is -0.490 e. The van der Waals surface area contributed by atoms with Crippen molar-refractivity contribution in [1.29, 1.82) is 0 Å². The molecule has 2 atom stereocenters. The van der Waals surface area contributed by atoms with Gasteiger partial charge in [-0.1, -0.05) is 19.8 Å². The molecule has 1 saturated carbocycles. The van der Waals surface area contributed by atoms with Crippen molar-refractivity contribution in [3.63, 3.8) is 0 Å². The van der Waals surface area contributed by atoms with Gasteiger partial charge in [0.25, 0.3) is 0 Å². The summed E-state index contributed by atoms with van der Waals surface area (Å²) in [6.45, 7) is 2.61. The molecule has 0 N–H and O–H groups in total. The van der Waals surface area contributed by atoms with Crippen LogP contribution < -0.4 is 4.74 Å². The Morgan fingerprint density at radius 1 is 1.25 bits per heavy atom. The molecule has 1 aromatic rings. The molecule has 1 fully saturated rings. The lowest BCUT2D eigenvalue weighted by atomic mass is 9.60. The number of hydrogen-bond acceptors (Lipinski definition) is 1. The molecule has 0 bridgehead atoms. The van der Waals surface area contributed by atoms with Gasteiger partial charge in [-0.2, -0.15) is 0 Å². The summed E-state index contributed by atoms with van der Waals surface area (Å²) in [5.41, 5.74) is 0.291. The Bertz CT molecular complexity index is 509. The minimum absolute atomic E-state index is 0.162. The molecule has 1 aromatic carbocycles. The van der Waals surface area contributed by atoms with Crippen molar-refractivity contribution in [2.24, 2.45) is 5.92 Å². The zero-order valence-electron chi connectivity index (χ0n) is 11.8. The topological polar surface area (TPSA) is 9.23 Å². The summed E-state index contributed by atoms with van der Waals surface area (Å²) in [6.07, 6.45) is 13.1. The molecule has 2 aliphatic rings. The van der Waals surface area contributed by atoms with Gasteiger partial charge in [0, 0.05) is 16.9 Å². The number of rotatable bonds is 1. The second-order valence-corrected chi connectivity index (χ2v) is 5.50. The van der Waals surface area contributed by atoms with E-state index in [1.807, 2.05) is 0 Å². The molecule has 20 heavy (non-hydrogen) atoms. The fraction of sp³-hybridized carbons (Fsp3) is 0.529. The molecule has 0 radical (unpaired) electrons. The normalized spacial score (nSPS) is 27.4. The molecule has 1 nitrogen and oxygen atoms in total. The highest BCUT2D eigenvalue weighted by Gasteiger charge is 2.47. The summed E-state index contributed by atoms with van der Waals surface area (Å²) < 4.78 is 33.5. The van der Waals surface area contributed by atoms with Crippen LogP contribution in [-0.4, -0.2) is 6.61 Å². The van der Waals surface area contributed by atoms with Crippen molar-refractivity contribution in [2.45, 2.75) is 44.4 Å². The van der Waals surface area contributed by atoms with Crippen LogP contribution in [0.5, 0.6) is 5.75 Å². The quantitative estimate of drug-likeness (QED) is 0.690. The number of hydrogen-bond donors (Lipinski definition) is 0. The van der Waals surface area contributed by atoms with Crippen LogP contribution in [0.3, 0.4) is 0 Å². The van der Waals surface area contributed by atoms with Gasteiger partial charge in [-0.3, -0.25) is 0 Å². The van der Waals surface area contributed by atoms with Gasteiger partial charge in [-0.25, -0.2) is 8.78 Å². The predicted octanol–water partition coefficient (Wildman–Crippen LogP) is 4.44. The highest BCUT2D eigenvalue weighted by atomic mass is 19.1. The lowest BCUT2D eigenvalue weighted by molar-refractivity contribution is 0.0757. The SMILES string of the molecule is C#C.CC[C@@]12CCCCC1COc1c(F)ccc(F)c12. The van der Waals surface area contributed by atoms with Gasteiger partial charge < -0.3 is 4.74 Å². The highest BCUT2D eigenvalue weighted by molar-refractivity contribution is 5.44. The van der Waals surface area contributed by atoms with Crippen LogP contribution in [0.2, 0.25) is 0 Å². The Balaban J connectivity index is 0.000000704. The van der Waals surface area contributed by atoms with Crippen LogP contribution in [0, 0.1) is 30.4 Å². The van der Waals surface area contributed by atoms with E-state index in [0.29, 0.717) is 18.1 Å². The summed E-state index contributed by atoms with van der Waals surface area (Å²) in [5.74, 6) is -0.238. The van der Waals surface area contributed by atoms with E-state index < -0.39 is 5.82 Å². The van der Waals surface area contributed by atoms with E-state index in [4.69, 9.17) is 4.74 Å². The third-order valence-corrected chi connectivity index (χ3v) is 4.82. The number of halogens is 2. The zero-order chi connectivity index (χ0) is 14.8. The van der Waals surface area contributed by atoms with E-state index in [1.165, 1.54) is 18.6 Å². The number of fused-ring (bicyclic) bond motifs is 3. The fourth-order valence-corrected chi connectivity index (χ4v) is 3.85. The third-order valence-electron chi connectivity index (χ3n) is 4.82. The largest absolute Gasteiger partial charge is 0.490 e. The van der Waals surface area contributed by atoms with Crippen LogP contribution in [0.25, 0.3) is 0 Å². The van der Waals surface area contributed by atoms with E-state index in [9.17, 15) is 8.78 Å². The maximum absolute atomic E-state index is 14.2. The van der Waals surface area contributed by atoms with Crippen LogP contribution in [0.15, 0.2) is 12.1 Å². The molecule has 1 heterocycles. The first-order chi connectivity index (χ1) is 9.69. The van der Waals surface area contributed by atoms with Gasteiger partial charge >= 0.3 is 0 Å². The summed E-state index contributed by atoms with van der Waals surface area (Å²) in [7, 11) is 0. The second kappa shape index (κ2) is 5.83. The van der Waals surface area contributed by atoms with Gasteiger partial charge in [0.05, 0.1) is 6.61 Å². The van der Waals surface area contributed by atoms with Crippen molar-refractivity contribution in [2.75, 3.05) is 6.61 Å². The lowest BCUT2D eigenvalue weighted by Gasteiger charge is -2.47. The summed E-state index contributed by atoms with van der Waals surface area (Å²) in [5, 5.41) is 0. The maximum atomic E-state index is 14.2. The maximum Gasteiger partial charge on any atom is 0.165 e. The molecular weight excluding hydrogens is 258 g/mol. The first-order valence-electron chi connectivity index (χ1n) is 7.13. The van der Waals surface area contributed by atoms with E-state index in [-0.39, 0.29) is 17.0 Å². The summed E-state index contributed by atoms with van der Waals surface area (Å²) >= 11 is 0. The third kappa shape index (κ3) is 2.08. The van der Waals surface area contributed by atoms with Gasteiger partial charge in [0.2, 0.25) is 0 Å². The predicted molar refractivity (Wildman–Crippen MR) is 75.7 cm³/mol. The van der Waals surface area contributed by atoms with E-state index in [2.05, 4.69) is 19.8 Å². The summed E-state index contributed by atoms with van der Waals surface area (Å²) in [4.78, 5) is 0. The highest BCUT2D eigenvalue weighted by Crippen LogP contribution is 2.53. The van der Waals surface area contributed by atoms with E-state index in [0.717, 1.165) is 25.7 Å². The molecule has 1 aliphatic heterocycles. The molecule has 0 spiro atoms. The first-order valence-corrected chi connectivity index (χ1v) is 7.13. The van der Waals surface area contributed by atoms with Crippen molar-refractivity contribution in [3.05, 3.63) is 29.3 Å². The summed E-state index contributed by atoms with van der Waals surface area (Å²) in [6, 6.07) is 2.41. The molecule has 108 valence electrons. The molecule has 0 amide bonds.